The van der Waals surface area contributed by atoms with Crippen LogP contribution in [0.4, 0.5) is 14.7 Å². The van der Waals surface area contributed by atoms with Crippen molar-refractivity contribution < 1.29 is 13.6 Å². The van der Waals surface area contributed by atoms with Crippen molar-refractivity contribution in [2.75, 3.05) is 19.0 Å². The normalized spacial score (nSPS) is 16.1. The number of halogens is 2. The molecule has 0 saturated heterocycles. The summed E-state index contributed by atoms with van der Waals surface area (Å²) in [5.41, 5.74) is 0.144. The van der Waals surface area contributed by atoms with Crippen LogP contribution in [0.1, 0.15) is 53.8 Å². The lowest BCUT2D eigenvalue weighted by Gasteiger charge is -2.25. The summed E-state index contributed by atoms with van der Waals surface area (Å²) in [5.74, 6) is -0.191. The van der Waals surface area contributed by atoms with E-state index in [2.05, 4.69) is 15.3 Å². The lowest BCUT2D eigenvalue weighted by molar-refractivity contribution is 0.0913. The van der Waals surface area contributed by atoms with Crippen LogP contribution in [0.15, 0.2) is 35.1 Å². The first kappa shape index (κ1) is 19.0. The molecule has 144 valence electrons. The largest absolute Gasteiger partial charge is 0.348 e. The highest BCUT2D eigenvalue weighted by Crippen LogP contribution is 2.54. The molecule has 1 aliphatic rings. The molecule has 3 rings (SSSR count). The van der Waals surface area contributed by atoms with Gasteiger partial charge in [-0.25, -0.2) is 13.8 Å². The van der Waals surface area contributed by atoms with Crippen LogP contribution in [0, 0.1) is 5.41 Å². The summed E-state index contributed by atoms with van der Waals surface area (Å²) in [4.78, 5) is 32.9. The minimum absolute atomic E-state index is 0.0147. The van der Waals surface area contributed by atoms with Gasteiger partial charge in [-0.1, -0.05) is 31.2 Å². The van der Waals surface area contributed by atoms with Crippen molar-refractivity contribution in [3.63, 3.8) is 0 Å². The molecule has 1 aromatic carbocycles. The van der Waals surface area contributed by atoms with Crippen LogP contribution in [-0.4, -0.2) is 30.0 Å². The van der Waals surface area contributed by atoms with E-state index in [4.69, 9.17) is 0 Å². The third kappa shape index (κ3) is 4.15. The predicted octanol–water partition coefficient (Wildman–Crippen LogP) is 3.04. The topological polar surface area (TPSA) is 78.1 Å². The Balaban J connectivity index is 1.88. The third-order valence-electron chi connectivity index (χ3n) is 4.92. The first-order chi connectivity index (χ1) is 12.7. The van der Waals surface area contributed by atoms with Crippen LogP contribution in [0.25, 0.3) is 0 Å². The third-order valence-corrected chi connectivity index (χ3v) is 4.92. The smallest absolute Gasteiger partial charge is 0.270 e. The zero-order chi connectivity index (χ0) is 19.8. The number of amides is 1. The predicted molar refractivity (Wildman–Crippen MR) is 98.1 cm³/mol. The zero-order valence-electron chi connectivity index (χ0n) is 15.4. The van der Waals surface area contributed by atoms with E-state index in [9.17, 15) is 18.4 Å². The molecule has 1 amide bonds. The quantitative estimate of drug-likeness (QED) is 0.812. The number of anilines is 1. The molecule has 1 aliphatic carbocycles. The Kier molecular flexibility index (Phi) is 4.99. The minimum atomic E-state index is -2.53. The first-order valence-corrected chi connectivity index (χ1v) is 8.67. The van der Waals surface area contributed by atoms with E-state index in [0.717, 1.165) is 24.5 Å². The summed E-state index contributed by atoms with van der Waals surface area (Å²) in [5, 5.41) is 2.93. The number of alkyl halides is 2. The van der Waals surface area contributed by atoms with Crippen LogP contribution in [-0.2, 0) is 0 Å². The van der Waals surface area contributed by atoms with Crippen LogP contribution in [0.2, 0.25) is 0 Å². The standard InChI is InChI=1S/C19H22F2N4O2/c1-19(8-9-19)15(11-4-6-12(7-5-11)16(20)21)24-17(27)13-10-14(26)23-18(22-13)25(2)3/h4-7,10,15-16H,8-9H2,1-3H3,(H,24,27)(H,22,23,26)/t15-/m0/s1. The fraction of sp³-hybridized carbons (Fsp3) is 0.421. The van der Waals surface area contributed by atoms with Crippen LogP contribution in [0.3, 0.4) is 0 Å². The van der Waals surface area contributed by atoms with E-state index in [1.54, 1.807) is 31.1 Å². The van der Waals surface area contributed by atoms with E-state index < -0.39 is 17.9 Å². The van der Waals surface area contributed by atoms with Crippen LogP contribution in [0.5, 0.6) is 0 Å². The summed E-state index contributed by atoms with van der Waals surface area (Å²) in [6.07, 6.45) is -0.700. The molecule has 27 heavy (non-hydrogen) atoms. The van der Waals surface area contributed by atoms with Gasteiger partial charge < -0.3 is 10.2 Å². The number of carbonyl (C=O) groups is 1. The highest BCUT2D eigenvalue weighted by atomic mass is 19.3. The van der Waals surface area contributed by atoms with Crippen molar-refractivity contribution in [3.05, 3.63) is 57.5 Å². The summed E-state index contributed by atoms with van der Waals surface area (Å²) >= 11 is 0. The lowest BCUT2D eigenvalue weighted by atomic mass is 9.91. The molecule has 0 bridgehead atoms. The Morgan fingerprint density at radius 2 is 1.81 bits per heavy atom. The number of carbonyl (C=O) groups excluding carboxylic acids is 1. The number of H-pyrrole nitrogens is 1. The maximum Gasteiger partial charge on any atom is 0.270 e. The first-order valence-electron chi connectivity index (χ1n) is 8.67. The number of nitrogens with one attached hydrogen (secondary N) is 2. The molecule has 1 saturated carbocycles. The number of aromatic amines is 1. The van der Waals surface area contributed by atoms with Crippen molar-refractivity contribution in [2.45, 2.75) is 32.2 Å². The molecule has 1 atom stereocenters. The van der Waals surface area contributed by atoms with Crippen molar-refractivity contribution in [3.8, 4) is 0 Å². The Labute approximate surface area is 155 Å². The van der Waals surface area contributed by atoms with Gasteiger partial charge in [0.05, 0.1) is 6.04 Å². The lowest BCUT2D eigenvalue weighted by Crippen LogP contribution is -2.35. The van der Waals surface area contributed by atoms with E-state index in [0.29, 0.717) is 0 Å². The maximum absolute atomic E-state index is 12.8. The van der Waals surface area contributed by atoms with E-state index in [-0.39, 0.29) is 28.7 Å². The highest BCUT2D eigenvalue weighted by molar-refractivity contribution is 5.92. The molecular formula is C19H22F2N4O2. The molecule has 0 radical (unpaired) electrons. The molecule has 1 heterocycles. The number of aromatic nitrogens is 2. The molecule has 0 spiro atoms. The van der Waals surface area contributed by atoms with Gasteiger partial charge in [-0.2, -0.15) is 0 Å². The molecule has 0 aliphatic heterocycles. The fourth-order valence-electron chi connectivity index (χ4n) is 2.96. The number of nitrogens with zero attached hydrogens (tertiary/aromatic N) is 2. The minimum Gasteiger partial charge on any atom is -0.348 e. The van der Waals surface area contributed by atoms with Gasteiger partial charge in [0.1, 0.15) is 5.69 Å². The summed E-state index contributed by atoms with van der Waals surface area (Å²) < 4.78 is 25.6. The van der Waals surface area contributed by atoms with Crippen molar-refractivity contribution >= 4 is 11.9 Å². The van der Waals surface area contributed by atoms with Gasteiger partial charge >= 0.3 is 0 Å². The van der Waals surface area contributed by atoms with E-state index >= 15 is 0 Å². The summed E-state index contributed by atoms with van der Waals surface area (Å²) in [7, 11) is 3.41. The van der Waals surface area contributed by atoms with Crippen molar-refractivity contribution in [1.82, 2.24) is 15.3 Å². The number of benzene rings is 1. The monoisotopic (exact) mass is 376 g/mol. The second kappa shape index (κ2) is 7.09. The molecule has 2 N–H and O–H groups in total. The second-order valence-corrected chi connectivity index (χ2v) is 7.38. The average molecular weight is 376 g/mol. The average Bonchev–Trinajstić information content (AvgIpc) is 3.37. The van der Waals surface area contributed by atoms with Crippen molar-refractivity contribution in [1.29, 1.82) is 0 Å². The summed E-state index contributed by atoms with van der Waals surface area (Å²) in [6, 6.07) is 6.79. The number of hydrogen-bond donors (Lipinski definition) is 2. The van der Waals surface area contributed by atoms with Crippen molar-refractivity contribution in [2.24, 2.45) is 5.41 Å². The Morgan fingerprint density at radius 3 is 2.33 bits per heavy atom. The SMILES string of the molecule is CN(C)c1nc(C(=O)N[C@@H](c2ccc(C(F)F)cc2)C2(C)CC2)cc(=O)[nH]1. The van der Waals surface area contributed by atoms with Gasteiger partial charge in [-0.05, 0) is 23.8 Å². The van der Waals surface area contributed by atoms with Gasteiger partial charge in [-0.3, -0.25) is 14.6 Å². The van der Waals surface area contributed by atoms with E-state index in [1.807, 2.05) is 6.92 Å². The Bertz CT molecular complexity index is 889. The van der Waals surface area contributed by atoms with E-state index in [1.165, 1.54) is 12.1 Å². The van der Waals surface area contributed by atoms with Crippen LogP contribution < -0.4 is 15.8 Å². The fourth-order valence-corrected chi connectivity index (χ4v) is 2.96. The molecule has 2 aromatic rings. The van der Waals surface area contributed by atoms with Gasteiger partial charge in [-0.15, -0.1) is 0 Å². The van der Waals surface area contributed by atoms with Gasteiger partial charge in [0.15, 0.2) is 0 Å². The maximum atomic E-state index is 12.8. The molecular weight excluding hydrogens is 354 g/mol. The molecule has 1 fully saturated rings. The van der Waals surface area contributed by atoms with Gasteiger partial charge in [0.25, 0.3) is 17.9 Å². The second-order valence-electron chi connectivity index (χ2n) is 7.38. The number of hydrogen-bond acceptors (Lipinski definition) is 4. The van der Waals surface area contributed by atoms with Crippen LogP contribution >= 0.6 is 0 Å². The molecule has 6 nitrogen and oxygen atoms in total. The highest BCUT2D eigenvalue weighted by Gasteiger charge is 2.46. The molecule has 1 aromatic heterocycles. The number of rotatable bonds is 6. The Hall–Kier alpha value is -2.77. The van der Waals surface area contributed by atoms with Gasteiger partial charge in [0, 0.05) is 25.7 Å². The molecule has 8 heteroatoms. The Morgan fingerprint density at radius 1 is 1.22 bits per heavy atom. The van der Waals surface area contributed by atoms with Gasteiger partial charge in [0.2, 0.25) is 5.95 Å². The summed E-state index contributed by atoms with van der Waals surface area (Å²) in [6.45, 7) is 2.04. The zero-order valence-corrected chi connectivity index (χ0v) is 15.4. The molecule has 0 unspecified atom stereocenters.